The van der Waals surface area contributed by atoms with Crippen LogP contribution in [0.3, 0.4) is 0 Å². The number of para-hydroxylation sites is 2. The van der Waals surface area contributed by atoms with Crippen LogP contribution in [0.1, 0.15) is 28.4 Å². The molecule has 4 aromatic carbocycles. The van der Waals surface area contributed by atoms with Gasteiger partial charge in [0.25, 0.3) is 5.91 Å². The van der Waals surface area contributed by atoms with Gasteiger partial charge in [-0.25, -0.2) is 4.79 Å². The monoisotopic (exact) mass is 562 g/mol. The Bertz CT molecular complexity index is 1500. The predicted octanol–water partition coefficient (Wildman–Crippen LogP) is 6.10. The van der Waals surface area contributed by atoms with Crippen LogP contribution in [0.4, 0.5) is 11.4 Å². The average Bonchev–Trinajstić information content (AvgIpc) is 3.04. The number of ether oxygens (including phenoxy) is 2. The minimum atomic E-state index is -0.726. The van der Waals surface area contributed by atoms with Crippen molar-refractivity contribution in [2.24, 2.45) is 0 Å². The molecule has 0 aliphatic carbocycles. The number of hydrogen-bond acceptors (Lipinski definition) is 6. The van der Waals surface area contributed by atoms with E-state index in [1.54, 1.807) is 35.2 Å². The maximum atomic E-state index is 13.2. The number of nitrogens with one attached hydrogen (secondary N) is 1. The summed E-state index contributed by atoms with van der Waals surface area (Å²) in [6.07, 6.45) is 1.62. The summed E-state index contributed by atoms with van der Waals surface area (Å²) < 4.78 is 11.1. The molecule has 7 heteroatoms. The summed E-state index contributed by atoms with van der Waals surface area (Å²) in [7, 11) is 1.34. The van der Waals surface area contributed by atoms with Crippen molar-refractivity contribution in [2.45, 2.75) is 25.4 Å². The Hall–Kier alpha value is -5.17. The summed E-state index contributed by atoms with van der Waals surface area (Å²) in [5.74, 6) is -0.162. The number of carbonyl (C=O) groups is 3. The van der Waals surface area contributed by atoms with E-state index in [4.69, 9.17) is 9.47 Å². The van der Waals surface area contributed by atoms with E-state index in [9.17, 15) is 14.4 Å². The molecule has 0 saturated carbocycles. The molecule has 1 N–H and O–H groups in total. The van der Waals surface area contributed by atoms with E-state index in [-0.39, 0.29) is 24.3 Å². The first kappa shape index (κ1) is 29.8. The van der Waals surface area contributed by atoms with Crippen LogP contribution in [0.15, 0.2) is 122 Å². The molecule has 0 heterocycles. The number of benzene rings is 4. The Morgan fingerprint density at radius 1 is 0.857 bits per heavy atom. The second kappa shape index (κ2) is 14.5. The van der Waals surface area contributed by atoms with Gasteiger partial charge in [0, 0.05) is 28.9 Å². The smallest absolute Gasteiger partial charge is 0.328 e. The maximum Gasteiger partial charge on any atom is 0.328 e. The van der Waals surface area contributed by atoms with Crippen LogP contribution in [0, 0.1) is 0 Å². The number of esters is 1. The second-order valence-electron chi connectivity index (χ2n) is 9.72. The van der Waals surface area contributed by atoms with Gasteiger partial charge in [0.15, 0.2) is 5.78 Å². The molecule has 2 atom stereocenters. The average molecular weight is 563 g/mol. The van der Waals surface area contributed by atoms with Crippen LogP contribution in [-0.4, -0.2) is 43.5 Å². The van der Waals surface area contributed by atoms with E-state index in [2.05, 4.69) is 11.9 Å². The molecule has 0 radical (unpaired) electrons. The molecule has 7 nitrogen and oxygen atoms in total. The Balaban J connectivity index is 1.44. The largest absolute Gasteiger partial charge is 0.491 e. The van der Waals surface area contributed by atoms with Crippen molar-refractivity contribution in [3.8, 4) is 5.75 Å². The summed E-state index contributed by atoms with van der Waals surface area (Å²) in [5.41, 5.74) is 3.22. The third-order valence-corrected chi connectivity index (χ3v) is 6.76. The van der Waals surface area contributed by atoms with Crippen LogP contribution < -0.4 is 15.0 Å². The first-order chi connectivity index (χ1) is 20.4. The van der Waals surface area contributed by atoms with Gasteiger partial charge < -0.3 is 19.7 Å². The van der Waals surface area contributed by atoms with Gasteiger partial charge in [0.2, 0.25) is 0 Å². The number of methoxy groups -OCH3 is 1. The molecule has 4 rings (SSSR count). The SMILES string of the molecule is C=CC(=O)N(c1ccccc1)[C@@H](C)COc1ccc(CC(Nc2ccccc2C(=O)c2ccccc2)C(=O)OC)cc1. The standard InChI is InChI=1S/C35H34N2O5/c1-4-33(38)37(28-15-9-6-10-16-28)25(2)24-42-29-21-19-26(20-22-29)23-32(35(40)41-3)36-31-18-12-11-17-30(31)34(39)27-13-7-5-8-14-27/h4-22,25,32,36H,1,23-24H2,2-3H3/t25-,32?/m0/s1. The highest BCUT2D eigenvalue weighted by Gasteiger charge is 2.23. The number of rotatable bonds is 13. The van der Waals surface area contributed by atoms with E-state index in [0.717, 1.165) is 11.3 Å². The molecule has 0 aromatic heterocycles. The molecule has 0 aliphatic rings. The number of ketones is 1. The number of hydrogen-bond donors (Lipinski definition) is 1. The first-order valence-electron chi connectivity index (χ1n) is 13.7. The Morgan fingerprint density at radius 3 is 2.12 bits per heavy atom. The fraction of sp³-hybridized carbons (Fsp3) is 0.171. The zero-order valence-corrected chi connectivity index (χ0v) is 23.7. The number of amides is 1. The molecular formula is C35H34N2O5. The molecule has 214 valence electrons. The Morgan fingerprint density at radius 2 is 1.48 bits per heavy atom. The summed E-state index contributed by atoms with van der Waals surface area (Å²) in [6.45, 7) is 5.81. The molecule has 42 heavy (non-hydrogen) atoms. The van der Waals surface area contributed by atoms with Gasteiger partial charge in [0.1, 0.15) is 18.4 Å². The molecule has 0 saturated heterocycles. The van der Waals surface area contributed by atoms with Crippen molar-refractivity contribution in [3.63, 3.8) is 0 Å². The van der Waals surface area contributed by atoms with Gasteiger partial charge in [-0.05, 0) is 55.0 Å². The van der Waals surface area contributed by atoms with Gasteiger partial charge in [-0.3, -0.25) is 9.59 Å². The Labute approximate surface area is 246 Å². The highest BCUT2D eigenvalue weighted by Crippen LogP contribution is 2.23. The van der Waals surface area contributed by atoms with E-state index in [1.807, 2.05) is 85.8 Å². The molecule has 0 spiro atoms. The summed E-state index contributed by atoms with van der Waals surface area (Å²) in [5, 5.41) is 3.22. The summed E-state index contributed by atoms with van der Waals surface area (Å²) >= 11 is 0. The lowest BCUT2D eigenvalue weighted by atomic mass is 10.00. The lowest BCUT2D eigenvalue weighted by Gasteiger charge is -2.28. The van der Waals surface area contributed by atoms with E-state index < -0.39 is 12.0 Å². The van der Waals surface area contributed by atoms with Gasteiger partial charge >= 0.3 is 5.97 Å². The zero-order valence-electron chi connectivity index (χ0n) is 23.7. The molecular weight excluding hydrogens is 528 g/mol. The van der Waals surface area contributed by atoms with Crippen LogP contribution in [0.25, 0.3) is 0 Å². The third kappa shape index (κ3) is 7.52. The minimum absolute atomic E-state index is 0.140. The van der Waals surface area contributed by atoms with Gasteiger partial charge in [-0.1, -0.05) is 79.4 Å². The zero-order chi connectivity index (χ0) is 29.9. The summed E-state index contributed by atoms with van der Waals surface area (Å²) in [6, 6.07) is 31.9. The molecule has 0 bridgehead atoms. The third-order valence-electron chi connectivity index (χ3n) is 6.76. The molecule has 0 aliphatic heterocycles. The van der Waals surface area contributed by atoms with E-state index >= 15 is 0 Å². The van der Waals surface area contributed by atoms with Crippen LogP contribution in [0.5, 0.6) is 5.75 Å². The van der Waals surface area contributed by atoms with Gasteiger partial charge in [-0.15, -0.1) is 0 Å². The fourth-order valence-electron chi connectivity index (χ4n) is 4.61. The van der Waals surface area contributed by atoms with Crippen LogP contribution >= 0.6 is 0 Å². The van der Waals surface area contributed by atoms with Crippen molar-refractivity contribution in [1.29, 1.82) is 0 Å². The normalized spacial score (nSPS) is 12.0. The van der Waals surface area contributed by atoms with Crippen LogP contribution in [0.2, 0.25) is 0 Å². The molecule has 1 amide bonds. The highest BCUT2D eigenvalue weighted by atomic mass is 16.5. The van der Waals surface area contributed by atoms with Crippen molar-refractivity contribution >= 4 is 29.0 Å². The van der Waals surface area contributed by atoms with E-state index in [0.29, 0.717) is 29.0 Å². The van der Waals surface area contributed by atoms with E-state index in [1.165, 1.54) is 13.2 Å². The predicted molar refractivity (Wildman–Crippen MR) is 165 cm³/mol. The number of nitrogens with zero attached hydrogens (tertiary/aromatic N) is 1. The van der Waals surface area contributed by atoms with Crippen LogP contribution in [-0.2, 0) is 20.7 Å². The molecule has 4 aromatic rings. The van der Waals surface area contributed by atoms with Crippen molar-refractivity contribution < 1.29 is 23.9 Å². The van der Waals surface area contributed by atoms with Crippen molar-refractivity contribution in [3.05, 3.63) is 139 Å². The topological polar surface area (TPSA) is 84.9 Å². The van der Waals surface area contributed by atoms with Gasteiger partial charge in [-0.2, -0.15) is 0 Å². The lowest BCUT2D eigenvalue weighted by Crippen LogP contribution is -2.41. The lowest BCUT2D eigenvalue weighted by molar-refractivity contribution is -0.141. The number of carbonyl (C=O) groups excluding carboxylic acids is 3. The highest BCUT2D eigenvalue weighted by molar-refractivity contribution is 6.12. The summed E-state index contributed by atoms with van der Waals surface area (Å²) in [4.78, 5) is 40.1. The van der Waals surface area contributed by atoms with Crippen molar-refractivity contribution in [1.82, 2.24) is 0 Å². The Kier molecular flexibility index (Phi) is 10.3. The fourth-order valence-corrected chi connectivity index (χ4v) is 4.61. The van der Waals surface area contributed by atoms with Gasteiger partial charge in [0.05, 0.1) is 13.2 Å². The van der Waals surface area contributed by atoms with Crippen molar-refractivity contribution in [2.75, 3.05) is 23.9 Å². The first-order valence-corrected chi connectivity index (χ1v) is 13.7. The number of anilines is 2. The molecule has 1 unspecified atom stereocenters. The maximum absolute atomic E-state index is 13.2. The molecule has 0 fully saturated rings. The minimum Gasteiger partial charge on any atom is -0.491 e. The quantitative estimate of drug-likeness (QED) is 0.120. The second-order valence-corrected chi connectivity index (χ2v) is 9.72.